The third kappa shape index (κ3) is 5.08. The molecule has 0 bridgehead atoms. The predicted octanol–water partition coefficient (Wildman–Crippen LogP) is 2.61. The predicted molar refractivity (Wildman–Crippen MR) is 101 cm³/mol. The van der Waals surface area contributed by atoms with Crippen LogP contribution in [0.3, 0.4) is 0 Å². The van der Waals surface area contributed by atoms with Crippen LogP contribution >= 0.6 is 0 Å². The second kappa shape index (κ2) is 9.02. The maximum absolute atomic E-state index is 12.6. The number of ketones is 1. The number of likely N-dealkylation sites (tertiary alicyclic amines) is 2. The van der Waals surface area contributed by atoms with Crippen molar-refractivity contribution in [2.75, 3.05) is 26.2 Å². The van der Waals surface area contributed by atoms with E-state index in [1.54, 1.807) is 21.9 Å². The van der Waals surface area contributed by atoms with Crippen LogP contribution in [-0.2, 0) is 9.59 Å². The molecule has 2 saturated heterocycles. The molecule has 0 unspecified atom stereocenters. The van der Waals surface area contributed by atoms with E-state index in [1.807, 2.05) is 0 Å². The number of aromatic hydroxyl groups is 1. The van der Waals surface area contributed by atoms with E-state index in [1.165, 1.54) is 12.1 Å². The van der Waals surface area contributed by atoms with E-state index < -0.39 is 0 Å². The highest BCUT2D eigenvalue weighted by atomic mass is 16.3. The highest BCUT2D eigenvalue weighted by Gasteiger charge is 2.29. The van der Waals surface area contributed by atoms with Gasteiger partial charge in [-0.05, 0) is 49.9 Å². The summed E-state index contributed by atoms with van der Waals surface area (Å²) in [4.78, 5) is 40.9. The number of phenols is 1. The zero-order valence-electron chi connectivity index (χ0n) is 15.7. The molecule has 0 aromatic heterocycles. The highest BCUT2D eigenvalue weighted by Crippen LogP contribution is 2.23. The minimum Gasteiger partial charge on any atom is -0.508 e. The SMILES string of the molecule is O=C(c1ccc(O)cc1)C1CCN(C(=O)CN2CCCCCCC2=O)CC1. The summed E-state index contributed by atoms with van der Waals surface area (Å²) in [6, 6.07) is 6.32. The molecule has 2 heterocycles. The van der Waals surface area contributed by atoms with Crippen molar-refractivity contribution in [2.45, 2.75) is 44.9 Å². The van der Waals surface area contributed by atoms with Gasteiger partial charge in [0.25, 0.3) is 0 Å². The average molecular weight is 372 g/mol. The molecule has 146 valence electrons. The quantitative estimate of drug-likeness (QED) is 0.824. The van der Waals surface area contributed by atoms with Gasteiger partial charge in [0, 0.05) is 37.5 Å². The van der Waals surface area contributed by atoms with Crippen LogP contribution in [0.1, 0.15) is 55.3 Å². The minimum atomic E-state index is -0.0954. The third-order valence-electron chi connectivity index (χ3n) is 5.62. The Labute approximate surface area is 160 Å². The molecule has 1 aromatic rings. The first-order valence-corrected chi connectivity index (χ1v) is 9.93. The lowest BCUT2D eigenvalue weighted by molar-refractivity contribution is -0.141. The smallest absolute Gasteiger partial charge is 0.242 e. The number of carbonyl (C=O) groups is 3. The number of Topliss-reactive ketones (excluding diaryl/α,β-unsaturated/α-hetero) is 1. The fraction of sp³-hybridized carbons (Fsp3) is 0.571. The number of amides is 2. The summed E-state index contributed by atoms with van der Waals surface area (Å²) in [5.74, 6) is 0.189. The van der Waals surface area contributed by atoms with Gasteiger partial charge in [-0.3, -0.25) is 14.4 Å². The Morgan fingerprint density at radius 3 is 2.33 bits per heavy atom. The van der Waals surface area contributed by atoms with Gasteiger partial charge in [-0.25, -0.2) is 0 Å². The van der Waals surface area contributed by atoms with Crippen molar-refractivity contribution in [3.63, 3.8) is 0 Å². The monoisotopic (exact) mass is 372 g/mol. The van der Waals surface area contributed by atoms with Crippen LogP contribution in [0, 0.1) is 5.92 Å². The van der Waals surface area contributed by atoms with Crippen molar-refractivity contribution in [3.8, 4) is 5.75 Å². The topological polar surface area (TPSA) is 77.9 Å². The number of benzene rings is 1. The van der Waals surface area contributed by atoms with E-state index in [2.05, 4.69) is 0 Å². The van der Waals surface area contributed by atoms with Crippen LogP contribution in [0.15, 0.2) is 24.3 Å². The molecule has 0 saturated carbocycles. The summed E-state index contributed by atoms with van der Waals surface area (Å²) < 4.78 is 0. The van der Waals surface area contributed by atoms with Gasteiger partial charge in [0.15, 0.2) is 5.78 Å². The summed E-state index contributed by atoms with van der Waals surface area (Å²) >= 11 is 0. The van der Waals surface area contributed by atoms with Crippen LogP contribution in [0.4, 0.5) is 0 Å². The van der Waals surface area contributed by atoms with E-state index >= 15 is 0 Å². The molecule has 2 aliphatic rings. The van der Waals surface area contributed by atoms with Gasteiger partial charge in [-0.1, -0.05) is 12.8 Å². The van der Waals surface area contributed by atoms with Crippen LogP contribution < -0.4 is 0 Å². The average Bonchev–Trinajstić information content (AvgIpc) is 2.68. The molecule has 2 amide bonds. The van der Waals surface area contributed by atoms with Gasteiger partial charge in [0.05, 0.1) is 6.54 Å². The fourth-order valence-corrected chi connectivity index (χ4v) is 3.90. The number of hydrogen-bond acceptors (Lipinski definition) is 4. The van der Waals surface area contributed by atoms with Gasteiger partial charge in [0.1, 0.15) is 5.75 Å². The van der Waals surface area contributed by atoms with Crippen LogP contribution in [-0.4, -0.2) is 58.7 Å². The number of phenolic OH excluding ortho intramolecular Hbond substituents is 1. The number of piperidine rings is 1. The Morgan fingerprint density at radius 1 is 0.963 bits per heavy atom. The summed E-state index contributed by atoms with van der Waals surface area (Å²) in [5, 5.41) is 9.35. The van der Waals surface area contributed by atoms with Crippen LogP contribution in [0.2, 0.25) is 0 Å². The first-order valence-electron chi connectivity index (χ1n) is 9.93. The van der Waals surface area contributed by atoms with E-state index in [0.29, 0.717) is 44.5 Å². The maximum atomic E-state index is 12.6. The molecule has 2 aliphatic heterocycles. The fourth-order valence-electron chi connectivity index (χ4n) is 3.90. The molecule has 1 aromatic carbocycles. The van der Waals surface area contributed by atoms with E-state index in [-0.39, 0.29) is 35.8 Å². The summed E-state index contributed by atoms with van der Waals surface area (Å²) in [6.45, 7) is 1.93. The highest BCUT2D eigenvalue weighted by molar-refractivity contribution is 5.98. The van der Waals surface area contributed by atoms with Crippen LogP contribution in [0.25, 0.3) is 0 Å². The first kappa shape index (κ1) is 19.4. The van der Waals surface area contributed by atoms with E-state index in [4.69, 9.17) is 0 Å². The lowest BCUT2D eigenvalue weighted by Crippen LogP contribution is -2.47. The Morgan fingerprint density at radius 2 is 1.63 bits per heavy atom. The van der Waals surface area contributed by atoms with Gasteiger partial charge < -0.3 is 14.9 Å². The van der Waals surface area contributed by atoms with Crippen molar-refractivity contribution in [1.29, 1.82) is 0 Å². The second-order valence-corrected chi connectivity index (χ2v) is 7.55. The standard InChI is InChI=1S/C21H28N2O4/c24-18-8-6-16(7-9-18)21(27)17-10-13-22(14-11-17)20(26)15-23-12-4-2-1-3-5-19(23)25/h6-9,17,24H,1-5,10-15H2. The molecule has 0 atom stereocenters. The molecule has 0 spiro atoms. The lowest BCUT2D eigenvalue weighted by atomic mass is 9.89. The molecule has 0 radical (unpaired) electrons. The van der Waals surface area contributed by atoms with Crippen molar-refractivity contribution in [2.24, 2.45) is 5.92 Å². The molecular weight excluding hydrogens is 344 g/mol. The summed E-state index contributed by atoms with van der Waals surface area (Å²) in [7, 11) is 0. The van der Waals surface area contributed by atoms with Crippen molar-refractivity contribution >= 4 is 17.6 Å². The summed E-state index contributed by atoms with van der Waals surface area (Å²) in [6.07, 6.45) is 5.89. The molecule has 2 fully saturated rings. The molecule has 0 aliphatic carbocycles. The van der Waals surface area contributed by atoms with Gasteiger partial charge in [0.2, 0.25) is 11.8 Å². The van der Waals surface area contributed by atoms with Crippen LogP contribution in [0.5, 0.6) is 5.75 Å². The third-order valence-corrected chi connectivity index (χ3v) is 5.62. The Balaban J connectivity index is 1.50. The van der Waals surface area contributed by atoms with Crippen molar-refractivity contribution < 1.29 is 19.5 Å². The number of carbonyl (C=O) groups excluding carboxylic acids is 3. The summed E-state index contributed by atoms with van der Waals surface area (Å²) in [5.41, 5.74) is 0.601. The van der Waals surface area contributed by atoms with Crippen molar-refractivity contribution in [1.82, 2.24) is 9.80 Å². The zero-order chi connectivity index (χ0) is 19.2. The Hall–Kier alpha value is -2.37. The van der Waals surface area contributed by atoms with E-state index in [9.17, 15) is 19.5 Å². The molecule has 6 nitrogen and oxygen atoms in total. The maximum Gasteiger partial charge on any atom is 0.242 e. The Bertz CT molecular complexity index is 678. The second-order valence-electron chi connectivity index (χ2n) is 7.55. The van der Waals surface area contributed by atoms with Gasteiger partial charge in [-0.15, -0.1) is 0 Å². The normalized spacial score (nSPS) is 19.5. The van der Waals surface area contributed by atoms with Gasteiger partial charge in [-0.2, -0.15) is 0 Å². The lowest BCUT2D eigenvalue weighted by Gasteiger charge is -2.33. The molecule has 1 N–H and O–H groups in total. The largest absolute Gasteiger partial charge is 0.508 e. The number of nitrogens with zero attached hydrogens (tertiary/aromatic N) is 2. The van der Waals surface area contributed by atoms with Crippen molar-refractivity contribution in [3.05, 3.63) is 29.8 Å². The number of hydrogen-bond donors (Lipinski definition) is 1. The van der Waals surface area contributed by atoms with E-state index in [0.717, 1.165) is 25.7 Å². The molecule has 27 heavy (non-hydrogen) atoms. The van der Waals surface area contributed by atoms with Gasteiger partial charge >= 0.3 is 0 Å². The number of rotatable bonds is 4. The zero-order valence-corrected chi connectivity index (χ0v) is 15.7. The Kier molecular flexibility index (Phi) is 6.48. The first-order chi connectivity index (χ1) is 13.0. The molecule has 3 rings (SSSR count). The molecule has 6 heteroatoms. The molecular formula is C21H28N2O4. The minimum absolute atomic E-state index is 0.0144.